The van der Waals surface area contributed by atoms with Crippen LogP contribution < -0.4 is 10.6 Å². The fourth-order valence-electron chi connectivity index (χ4n) is 3.36. The second-order valence-corrected chi connectivity index (χ2v) is 5.84. The van der Waals surface area contributed by atoms with Gasteiger partial charge in [0.05, 0.1) is 11.0 Å². The van der Waals surface area contributed by atoms with Gasteiger partial charge in [0.15, 0.2) is 0 Å². The van der Waals surface area contributed by atoms with Gasteiger partial charge in [-0.2, -0.15) is 0 Å². The lowest BCUT2D eigenvalue weighted by atomic mass is 9.74. The van der Waals surface area contributed by atoms with Crippen LogP contribution in [-0.2, 0) is 0 Å². The van der Waals surface area contributed by atoms with Crippen LogP contribution in [0.25, 0.3) is 0 Å². The van der Waals surface area contributed by atoms with E-state index in [1.165, 1.54) is 19.3 Å². The average molecular weight is 248 g/mol. The van der Waals surface area contributed by atoms with Crippen molar-refractivity contribution in [1.29, 1.82) is 0 Å². The molecule has 0 aromatic heterocycles. The number of nitrogens with one attached hydrogen (secondary N) is 2. The second-order valence-electron chi connectivity index (χ2n) is 5.40. The summed E-state index contributed by atoms with van der Waals surface area (Å²) in [7, 11) is 0. The summed E-state index contributed by atoms with van der Waals surface area (Å²) in [6, 6.07) is 0.450. The first-order valence-corrected chi connectivity index (χ1v) is 7.11. The SMILES string of the molecule is S=C1NC2C=CC=CC2CC1C1CCNCC1. The Bertz CT molecular complexity index is 355. The maximum absolute atomic E-state index is 5.59. The molecule has 0 saturated carbocycles. The summed E-state index contributed by atoms with van der Waals surface area (Å²) in [5.74, 6) is 2.03. The summed E-state index contributed by atoms with van der Waals surface area (Å²) in [5.41, 5.74) is 0. The predicted octanol–water partition coefficient (Wildman–Crippen LogP) is 2.03. The predicted molar refractivity (Wildman–Crippen MR) is 75.0 cm³/mol. The van der Waals surface area contributed by atoms with Gasteiger partial charge in [0, 0.05) is 11.8 Å². The maximum Gasteiger partial charge on any atom is 0.0792 e. The quantitative estimate of drug-likeness (QED) is 0.694. The van der Waals surface area contributed by atoms with Gasteiger partial charge in [-0.3, -0.25) is 0 Å². The van der Waals surface area contributed by atoms with Crippen LogP contribution in [0.3, 0.4) is 0 Å². The lowest BCUT2D eigenvalue weighted by Gasteiger charge is -2.41. The third-order valence-electron chi connectivity index (χ3n) is 4.37. The molecule has 3 atom stereocenters. The van der Waals surface area contributed by atoms with Crippen LogP contribution in [0.1, 0.15) is 19.3 Å². The van der Waals surface area contributed by atoms with Gasteiger partial charge >= 0.3 is 0 Å². The van der Waals surface area contributed by atoms with Crippen molar-refractivity contribution in [3.8, 4) is 0 Å². The minimum Gasteiger partial charge on any atom is -0.373 e. The van der Waals surface area contributed by atoms with Gasteiger partial charge in [0.25, 0.3) is 0 Å². The van der Waals surface area contributed by atoms with Crippen molar-refractivity contribution in [2.75, 3.05) is 13.1 Å². The summed E-state index contributed by atoms with van der Waals surface area (Å²) in [5, 5.41) is 6.97. The molecule has 2 aliphatic heterocycles. The van der Waals surface area contributed by atoms with Crippen molar-refractivity contribution in [3.63, 3.8) is 0 Å². The van der Waals surface area contributed by atoms with E-state index in [0.717, 1.165) is 24.0 Å². The molecule has 2 N–H and O–H groups in total. The first-order valence-electron chi connectivity index (χ1n) is 6.70. The van der Waals surface area contributed by atoms with E-state index < -0.39 is 0 Å². The Balaban J connectivity index is 1.71. The molecule has 2 saturated heterocycles. The van der Waals surface area contributed by atoms with Crippen molar-refractivity contribution in [2.45, 2.75) is 25.3 Å². The summed E-state index contributed by atoms with van der Waals surface area (Å²) in [6.45, 7) is 2.32. The average Bonchev–Trinajstić information content (AvgIpc) is 2.39. The molecule has 3 rings (SSSR count). The molecule has 2 nitrogen and oxygen atoms in total. The minimum absolute atomic E-state index is 0.450. The van der Waals surface area contributed by atoms with Gasteiger partial charge in [-0.1, -0.05) is 36.5 Å². The molecule has 3 heteroatoms. The normalized spacial score (nSPS) is 37.6. The largest absolute Gasteiger partial charge is 0.373 e. The van der Waals surface area contributed by atoms with Crippen LogP contribution in [0.15, 0.2) is 24.3 Å². The molecule has 2 heterocycles. The first-order chi connectivity index (χ1) is 8.34. The topological polar surface area (TPSA) is 24.1 Å². The highest BCUT2D eigenvalue weighted by Gasteiger charge is 2.36. The van der Waals surface area contributed by atoms with Crippen LogP contribution in [0.4, 0.5) is 0 Å². The molecule has 3 aliphatic rings. The van der Waals surface area contributed by atoms with E-state index in [1.807, 2.05) is 0 Å². The number of rotatable bonds is 1. The number of hydrogen-bond acceptors (Lipinski definition) is 2. The third kappa shape index (κ3) is 2.31. The lowest BCUT2D eigenvalue weighted by molar-refractivity contribution is 0.257. The maximum atomic E-state index is 5.59. The van der Waals surface area contributed by atoms with Gasteiger partial charge in [-0.05, 0) is 38.3 Å². The van der Waals surface area contributed by atoms with Gasteiger partial charge in [-0.25, -0.2) is 0 Å². The van der Waals surface area contributed by atoms with Gasteiger partial charge in [0.2, 0.25) is 0 Å². The third-order valence-corrected chi connectivity index (χ3v) is 4.79. The standard InChI is InChI=1S/C14H20N2S/c17-14-12(10-5-7-15-8-6-10)9-11-3-1-2-4-13(11)16-14/h1-4,10-13,15H,5-9H2,(H,16,17). The fraction of sp³-hybridized carbons (Fsp3) is 0.643. The van der Waals surface area contributed by atoms with Gasteiger partial charge in [0.1, 0.15) is 0 Å². The number of hydrogen-bond donors (Lipinski definition) is 2. The number of piperidine rings is 2. The van der Waals surface area contributed by atoms with Crippen molar-refractivity contribution in [2.24, 2.45) is 17.8 Å². The smallest absolute Gasteiger partial charge is 0.0792 e. The molecule has 3 unspecified atom stereocenters. The van der Waals surface area contributed by atoms with Crippen molar-refractivity contribution >= 4 is 17.2 Å². The summed E-state index contributed by atoms with van der Waals surface area (Å²) in [4.78, 5) is 1.11. The first kappa shape index (κ1) is 11.4. The van der Waals surface area contributed by atoms with E-state index in [0.29, 0.717) is 17.9 Å². The van der Waals surface area contributed by atoms with Crippen LogP contribution in [0.5, 0.6) is 0 Å². The molecule has 2 fully saturated rings. The molecule has 1 aliphatic carbocycles. The highest BCUT2D eigenvalue weighted by Crippen LogP contribution is 2.34. The number of fused-ring (bicyclic) bond motifs is 1. The highest BCUT2D eigenvalue weighted by molar-refractivity contribution is 7.80. The molecule has 0 spiro atoms. The second kappa shape index (κ2) is 4.91. The van der Waals surface area contributed by atoms with E-state index in [4.69, 9.17) is 12.2 Å². The Morgan fingerprint density at radius 3 is 2.71 bits per heavy atom. The van der Waals surface area contributed by atoms with E-state index in [1.54, 1.807) is 0 Å². The Labute approximate surface area is 109 Å². The Kier molecular flexibility index (Phi) is 3.30. The van der Waals surface area contributed by atoms with Crippen molar-refractivity contribution in [1.82, 2.24) is 10.6 Å². The molecule has 17 heavy (non-hydrogen) atoms. The van der Waals surface area contributed by atoms with Crippen LogP contribution in [0, 0.1) is 17.8 Å². The molecular formula is C14H20N2S. The molecule has 0 bridgehead atoms. The van der Waals surface area contributed by atoms with Crippen LogP contribution >= 0.6 is 12.2 Å². The number of allylic oxidation sites excluding steroid dienone is 2. The van der Waals surface area contributed by atoms with E-state index >= 15 is 0 Å². The molecule has 0 aromatic rings. The molecule has 0 amide bonds. The summed E-state index contributed by atoms with van der Waals surface area (Å²) >= 11 is 5.59. The van der Waals surface area contributed by atoms with Crippen molar-refractivity contribution < 1.29 is 0 Å². The Morgan fingerprint density at radius 2 is 1.88 bits per heavy atom. The molecule has 92 valence electrons. The lowest BCUT2D eigenvalue weighted by Crippen LogP contribution is -2.50. The zero-order valence-corrected chi connectivity index (χ0v) is 10.9. The van der Waals surface area contributed by atoms with Gasteiger partial charge in [-0.15, -0.1) is 0 Å². The van der Waals surface area contributed by atoms with Crippen LogP contribution in [0.2, 0.25) is 0 Å². The molecule has 0 radical (unpaired) electrons. The van der Waals surface area contributed by atoms with Crippen LogP contribution in [-0.4, -0.2) is 24.1 Å². The molecular weight excluding hydrogens is 228 g/mol. The van der Waals surface area contributed by atoms with Gasteiger partial charge < -0.3 is 10.6 Å². The minimum atomic E-state index is 0.450. The van der Waals surface area contributed by atoms with E-state index in [-0.39, 0.29) is 0 Å². The monoisotopic (exact) mass is 248 g/mol. The molecule has 0 aromatic carbocycles. The van der Waals surface area contributed by atoms with Crippen molar-refractivity contribution in [3.05, 3.63) is 24.3 Å². The fourth-order valence-corrected chi connectivity index (χ4v) is 3.78. The zero-order valence-electron chi connectivity index (χ0n) is 10.1. The Morgan fingerprint density at radius 1 is 1.12 bits per heavy atom. The summed E-state index contributed by atoms with van der Waals surface area (Å²) in [6.07, 6.45) is 12.7. The number of thiocarbonyl (C=S) groups is 1. The summed E-state index contributed by atoms with van der Waals surface area (Å²) < 4.78 is 0. The zero-order chi connectivity index (χ0) is 11.7. The van der Waals surface area contributed by atoms with E-state index in [2.05, 4.69) is 34.9 Å². The van der Waals surface area contributed by atoms with E-state index in [9.17, 15) is 0 Å². The highest BCUT2D eigenvalue weighted by atomic mass is 32.1. The Hall–Kier alpha value is -0.670.